The smallest absolute Gasteiger partial charge is 0.179 e. The molecule has 1 aromatic carbocycles. The summed E-state index contributed by atoms with van der Waals surface area (Å²) in [7, 11) is 0. The summed E-state index contributed by atoms with van der Waals surface area (Å²) in [6.45, 7) is 1.09. The Labute approximate surface area is 83.2 Å². The number of likely N-dealkylation sites (N-methyl/N-ethyl adjacent to an activating group) is 1. The van der Waals surface area contributed by atoms with Crippen LogP contribution in [0.15, 0.2) is 24.3 Å². The van der Waals surface area contributed by atoms with E-state index >= 15 is 0 Å². The van der Waals surface area contributed by atoms with Gasteiger partial charge in [-0.3, -0.25) is 4.79 Å². The normalized spacial score (nSPS) is 16.9. The summed E-state index contributed by atoms with van der Waals surface area (Å²) in [5.41, 5.74) is 1.42. The van der Waals surface area contributed by atoms with Crippen LogP contribution in [0.5, 0.6) is 0 Å². The van der Waals surface area contributed by atoms with Crippen molar-refractivity contribution in [1.29, 1.82) is 0 Å². The first-order chi connectivity index (χ1) is 7.31. The van der Waals surface area contributed by atoms with Gasteiger partial charge in [0.25, 0.3) is 0 Å². The molecule has 0 aliphatic carbocycles. The fraction of sp³-hybridized carbons (Fsp3) is 0.364. The molecule has 0 heterocycles. The highest BCUT2D eigenvalue weighted by Crippen LogP contribution is 2.09. The molecular weight excluding hydrogens is 162 g/mol. The molecule has 70 valence electrons. The van der Waals surface area contributed by atoms with Crippen molar-refractivity contribution in [2.24, 2.45) is 0 Å². The summed E-state index contributed by atoms with van der Waals surface area (Å²) < 4.78 is 21.1. The quantitative estimate of drug-likeness (QED) is 0.718. The summed E-state index contributed by atoms with van der Waals surface area (Å²) in [6.07, 6.45) is 0. The highest BCUT2D eigenvalue weighted by atomic mass is 16.1. The number of carbonyl (C=O) groups is 1. The molecule has 0 fully saturated rings. The number of nitrogens with one attached hydrogen (secondary N) is 1. The molecule has 2 heteroatoms. The zero-order chi connectivity index (χ0) is 12.3. The zero-order valence-electron chi connectivity index (χ0n) is 10.8. The Morgan fingerprint density at radius 3 is 2.85 bits per heavy atom. The van der Waals surface area contributed by atoms with Gasteiger partial charge in [0.2, 0.25) is 0 Å². The van der Waals surface area contributed by atoms with E-state index in [0.29, 0.717) is 5.56 Å². The van der Waals surface area contributed by atoms with Gasteiger partial charge in [0.15, 0.2) is 5.78 Å². The Morgan fingerprint density at radius 1 is 1.54 bits per heavy atom. The highest BCUT2D eigenvalue weighted by Gasteiger charge is 2.13. The topological polar surface area (TPSA) is 29.1 Å². The number of rotatable bonds is 3. The first-order valence-electron chi connectivity index (χ1n) is 5.69. The van der Waals surface area contributed by atoms with E-state index in [9.17, 15) is 4.79 Å². The number of hydrogen-bond acceptors (Lipinski definition) is 2. The van der Waals surface area contributed by atoms with Crippen molar-refractivity contribution in [1.82, 2.24) is 5.32 Å². The van der Waals surface area contributed by atoms with Crippen LogP contribution in [0.3, 0.4) is 0 Å². The Kier molecular flexibility index (Phi) is 2.04. The molecule has 1 unspecified atom stereocenters. The van der Waals surface area contributed by atoms with E-state index in [-0.39, 0.29) is 5.78 Å². The standard InChI is InChI=1S/C11H15NO/c1-8-6-4-5-7-10(8)11(13)9(2)12-3/h4-7,9,12H,1-3H3/i3D3. The van der Waals surface area contributed by atoms with E-state index in [1.165, 1.54) is 0 Å². The molecule has 1 N–H and O–H groups in total. The van der Waals surface area contributed by atoms with Gasteiger partial charge in [-0.15, -0.1) is 0 Å². The van der Waals surface area contributed by atoms with Crippen molar-refractivity contribution in [3.8, 4) is 0 Å². The molecule has 2 nitrogen and oxygen atoms in total. The van der Waals surface area contributed by atoms with Gasteiger partial charge in [-0.25, -0.2) is 0 Å². The Bertz CT molecular complexity index is 387. The molecule has 0 aromatic heterocycles. The lowest BCUT2D eigenvalue weighted by Crippen LogP contribution is -2.31. The number of Topliss-reactive ketones (excluding diaryl/α,β-unsaturated/α-hetero) is 1. The average molecular weight is 180 g/mol. The highest BCUT2D eigenvalue weighted by molar-refractivity contribution is 6.00. The number of ketones is 1. The van der Waals surface area contributed by atoms with Crippen LogP contribution in [0.2, 0.25) is 0 Å². The van der Waals surface area contributed by atoms with E-state index < -0.39 is 13.0 Å². The predicted molar refractivity (Wildman–Crippen MR) is 54.0 cm³/mol. The largest absolute Gasteiger partial charge is 0.310 e. The van der Waals surface area contributed by atoms with Gasteiger partial charge in [-0.05, 0) is 26.4 Å². The Hall–Kier alpha value is -1.15. The van der Waals surface area contributed by atoms with E-state index in [2.05, 4.69) is 5.32 Å². The van der Waals surface area contributed by atoms with Crippen molar-refractivity contribution in [3.63, 3.8) is 0 Å². The average Bonchev–Trinajstić information content (AvgIpc) is 2.15. The van der Waals surface area contributed by atoms with Gasteiger partial charge in [-0.1, -0.05) is 24.3 Å². The molecule has 1 aromatic rings. The van der Waals surface area contributed by atoms with Gasteiger partial charge in [0.1, 0.15) is 0 Å². The molecule has 0 aliphatic heterocycles. The summed E-state index contributed by atoms with van der Waals surface area (Å²) in [5.74, 6) is -0.200. The SMILES string of the molecule is [2H]C([2H])([2H])NC(C)C(=O)c1ccccc1C. The second kappa shape index (κ2) is 4.19. The lowest BCUT2D eigenvalue weighted by atomic mass is 10.0. The summed E-state index contributed by atoms with van der Waals surface area (Å²) in [5, 5.41) is 2.30. The minimum absolute atomic E-state index is 0.200. The third-order valence-corrected chi connectivity index (χ3v) is 2.02. The van der Waals surface area contributed by atoms with Gasteiger partial charge in [0, 0.05) is 9.68 Å². The number of benzene rings is 1. The number of aryl methyl sites for hydroxylation is 1. The van der Waals surface area contributed by atoms with Crippen molar-refractivity contribution < 1.29 is 8.91 Å². The van der Waals surface area contributed by atoms with Gasteiger partial charge < -0.3 is 5.32 Å². The van der Waals surface area contributed by atoms with Crippen LogP contribution in [0.4, 0.5) is 0 Å². The number of hydrogen-bond donors (Lipinski definition) is 1. The third kappa shape index (κ3) is 2.16. The van der Waals surface area contributed by atoms with E-state index in [1.807, 2.05) is 19.1 Å². The lowest BCUT2D eigenvalue weighted by molar-refractivity contribution is 0.0954. The van der Waals surface area contributed by atoms with E-state index in [0.717, 1.165) is 5.56 Å². The minimum atomic E-state index is -2.29. The van der Waals surface area contributed by atoms with Crippen LogP contribution in [0.25, 0.3) is 0 Å². The van der Waals surface area contributed by atoms with E-state index in [4.69, 9.17) is 4.11 Å². The van der Waals surface area contributed by atoms with Crippen LogP contribution in [-0.4, -0.2) is 18.8 Å². The maximum atomic E-state index is 11.9. The van der Waals surface area contributed by atoms with Crippen molar-refractivity contribution in [3.05, 3.63) is 35.4 Å². The van der Waals surface area contributed by atoms with Crippen molar-refractivity contribution >= 4 is 5.78 Å². The van der Waals surface area contributed by atoms with Crippen LogP contribution in [0.1, 0.15) is 27.0 Å². The zero-order valence-corrected chi connectivity index (χ0v) is 7.79. The molecule has 0 spiro atoms. The maximum absolute atomic E-state index is 11.9. The molecule has 0 bridgehead atoms. The molecule has 13 heavy (non-hydrogen) atoms. The number of carbonyl (C=O) groups excluding carboxylic acids is 1. The van der Waals surface area contributed by atoms with Crippen molar-refractivity contribution in [2.75, 3.05) is 6.98 Å². The summed E-state index contributed by atoms with van der Waals surface area (Å²) in [6, 6.07) is 6.43. The van der Waals surface area contributed by atoms with Crippen LogP contribution in [0, 0.1) is 6.92 Å². The molecule has 0 aliphatic rings. The Morgan fingerprint density at radius 2 is 2.23 bits per heavy atom. The molecule has 0 saturated heterocycles. The fourth-order valence-electron chi connectivity index (χ4n) is 1.15. The fourth-order valence-corrected chi connectivity index (χ4v) is 1.15. The third-order valence-electron chi connectivity index (χ3n) is 2.02. The molecule has 0 saturated carbocycles. The van der Waals surface area contributed by atoms with Crippen molar-refractivity contribution in [2.45, 2.75) is 19.9 Å². The van der Waals surface area contributed by atoms with Crippen LogP contribution in [-0.2, 0) is 0 Å². The van der Waals surface area contributed by atoms with Gasteiger partial charge in [0.05, 0.1) is 6.04 Å². The molecular formula is C11H15NO. The van der Waals surface area contributed by atoms with Gasteiger partial charge in [-0.2, -0.15) is 0 Å². The first-order valence-corrected chi connectivity index (χ1v) is 4.19. The van der Waals surface area contributed by atoms with Crippen LogP contribution < -0.4 is 5.32 Å². The monoisotopic (exact) mass is 180 g/mol. The maximum Gasteiger partial charge on any atom is 0.179 e. The molecule has 0 radical (unpaired) electrons. The summed E-state index contributed by atoms with van der Waals surface area (Å²) >= 11 is 0. The molecule has 1 rings (SSSR count). The summed E-state index contributed by atoms with van der Waals surface area (Å²) in [4.78, 5) is 11.9. The van der Waals surface area contributed by atoms with Crippen LogP contribution >= 0.6 is 0 Å². The van der Waals surface area contributed by atoms with E-state index in [1.54, 1.807) is 19.1 Å². The van der Waals surface area contributed by atoms with Gasteiger partial charge >= 0.3 is 0 Å². The first kappa shape index (κ1) is 6.33. The second-order valence-electron chi connectivity index (χ2n) is 3.05. The minimum Gasteiger partial charge on any atom is -0.310 e. The lowest BCUT2D eigenvalue weighted by Gasteiger charge is -2.10. The molecule has 1 atom stereocenters. The molecule has 0 amide bonds. The Balaban J connectivity index is 2.83. The predicted octanol–water partition coefficient (Wildman–Crippen LogP) is 1.79. The second-order valence-corrected chi connectivity index (χ2v) is 3.05.